The maximum atomic E-state index is 11.7. The molecule has 0 radical (unpaired) electrons. The molecule has 1 rings (SSSR count). The van der Waals surface area contributed by atoms with Gasteiger partial charge in [0.2, 0.25) is 5.91 Å². The first-order valence-corrected chi connectivity index (χ1v) is 5.36. The number of aromatic nitrogens is 1. The SMILES string of the molecule is CCOC(=O)c1nc(C)ccc1N(C)C(C)=O. The third-order valence-electron chi connectivity index (χ3n) is 2.32. The molecule has 0 saturated carbocycles. The van der Waals surface area contributed by atoms with Crippen molar-refractivity contribution in [1.29, 1.82) is 0 Å². The molecule has 1 aromatic heterocycles. The second-order valence-electron chi connectivity index (χ2n) is 3.62. The molecule has 1 heterocycles. The van der Waals surface area contributed by atoms with Gasteiger partial charge < -0.3 is 9.64 Å². The van der Waals surface area contributed by atoms with Crippen LogP contribution in [0.1, 0.15) is 30.0 Å². The minimum Gasteiger partial charge on any atom is -0.461 e. The number of carbonyl (C=O) groups excluding carboxylic acids is 2. The molecule has 0 unspecified atom stereocenters. The Hall–Kier alpha value is -1.91. The lowest BCUT2D eigenvalue weighted by molar-refractivity contribution is -0.116. The minimum atomic E-state index is -0.515. The predicted octanol–water partition coefficient (Wildman–Crippen LogP) is 1.55. The summed E-state index contributed by atoms with van der Waals surface area (Å²) < 4.78 is 4.91. The van der Waals surface area contributed by atoms with Crippen molar-refractivity contribution in [2.24, 2.45) is 0 Å². The van der Waals surface area contributed by atoms with Gasteiger partial charge in [-0.1, -0.05) is 0 Å². The first-order chi connectivity index (χ1) is 7.97. The fraction of sp³-hybridized carbons (Fsp3) is 0.417. The molecule has 1 amide bonds. The highest BCUT2D eigenvalue weighted by Gasteiger charge is 2.19. The van der Waals surface area contributed by atoms with Crippen LogP contribution in [-0.4, -0.2) is 30.5 Å². The number of hydrogen-bond acceptors (Lipinski definition) is 4. The van der Waals surface area contributed by atoms with E-state index in [0.29, 0.717) is 11.4 Å². The molecular weight excluding hydrogens is 220 g/mol. The molecule has 17 heavy (non-hydrogen) atoms. The van der Waals surface area contributed by atoms with Crippen molar-refractivity contribution in [3.63, 3.8) is 0 Å². The van der Waals surface area contributed by atoms with Gasteiger partial charge in [0.05, 0.1) is 12.3 Å². The van der Waals surface area contributed by atoms with Crippen molar-refractivity contribution >= 4 is 17.6 Å². The number of nitrogens with zero attached hydrogens (tertiary/aromatic N) is 2. The van der Waals surface area contributed by atoms with Crippen LogP contribution in [0.4, 0.5) is 5.69 Å². The lowest BCUT2D eigenvalue weighted by Gasteiger charge is -2.17. The molecule has 92 valence electrons. The summed E-state index contributed by atoms with van der Waals surface area (Å²) in [4.78, 5) is 28.5. The van der Waals surface area contributed by atoms with Crippen LogP contribution in [-0.2, 0) is 9.53 Å². The van der Waals surface area contributed by atoms with Crippen LogP contribution in [0.2, 0.25) is 0 Å². The molecule has 0 spiro atoms. The van der Waals surface area contributed by atoms with E-state index in [-0.39, 0.29) is 18.2 Å². The molecule has 0 aromatic carbocycles. The van der Waals surface area contributed by atoms with Crippen molar-refractivity contribution in [2.45, 2.75) is 20.8 Å². The van der Waals surface area contributed by atoms with E-state index < -0.39 is 5.97 Å². The van der Waals surface area contributed by atoms with Gasteiger partial charge in [-0.25, -0.2) is 9.78 Å². The van der Waals surface area contributed by atoms with E-state index in [1.165, 1.54) is 11.8 Å². The standard InChI is InChI=1S/C12H16N2O3/c1-5-17-12(16)11-10(14(4)9(3)15)7-6-8(2)13-11/h6-7H,5H2,1-4H3. The van der Waals surface area contributed by atoms with Gasteiger partial charge >= 0.3 is 5.97 Å². The number of anilines is 1. The molecule has 5 nitrogen and oxygen atoms in total. The zero-order chi connectivity index (χ0) is 13.0. The maximum Gasteiger partial charge on any atom is 0.359 e. The van der Waals surface area contributed by atoms with Crippen LogP contribution in [0.15, 0.2) is 12.1 Å². The molecule has 5 heteroatoms. The van der Waals surface area contributed by atoms with Crippen LogP contribution in [0.5, 0.6) is 0 Å². The van der Waals surface area contributed by atoms with Crippen molar-refractivity contribution in [2.75, 3.05) is 18.6 Å². The van der Waals surface area contributed by atoms with E-state index in [0.717, 1.165) is 0 Å². The zero-order valence-corrected chi connectivity index (χ0v) is 10.5. The Kier molecular flexibility index (Phi) is 4.20. The molecule has 0 saturated heterocycles. The number of aryl methyl sites for hydroxylation is 1. The molecule has 0 aliphatic carbocycles. The summed E-state index contributed by atoms with van der Waals surface area (Å²) in [7, 11) is 1.59. The van der Waals surface area contributed by atoms with Gasteiger partial charge in [0.1, 0.15) is 0 Å². The van der Waals surface area contributed by atoms with E-state index in [4.69, 9.17) is 4.74 Å². The van der Waals surface area contributed by atoms with E-state index in [2.05, 4.69) is 4.98 Å². The number of amides is 1. The topological polar surface area (TPSA) is 59.5 Å². The fourth-order valence-corrected chi connectivity index (χ4v) is 1.34. The van der Waals surface area contributed by atoms with Gasteiger partial charge in [0, 0.05) is 19.7 Å². The summed E-state index contributed by atoms with van der Waals surface area (Å²) in [5.41, 5.74) is 1.33. The lowest BCUT2D eigenvalue weighted by Crippen LogP contribution is -2.26. The van der Waals surface area contributed by atoms with Crippen LogP contribution in [0, 0.1) is 6.92 Å². The Bertz CT molecular complexity index is 443. The average molecular weight is 236 g/mol. The summed E-state index contributed by atoms with van der Waals surface area (Å²) in [6.45, 7) is 5.20. The zero-order valence-electron chi connectivity index (χ0n) is 10.5. The van der Waals surface area contributed by atoms with Crippen LogP contribution >= 0.6 is 0 Å². The van der Waals surface area contributed by atoms with E-state index in [9.17, 15) is 9.59 Å². The van der Waals surface area contributed by atoms with Crippen LogP contribution < -0.4 is 4.90 Å². The highest BCUT2D eigenvalue weighted by atomic mass is 16.5. The summed E-state index contributed by atoms with van der Waals surface area (Å²) in [5.74, 6) is -0.680. The summed E-state index contributed by atoms with van der Waals surface area (Å²) in [6.07, 6.45) is 0. The van der Waals surface area contributed by atoms with Gasteiger partial charge in [-0.3, -0.25) is 4.79 Å². The minimum absolute atomic E-state index is 0.166. The quantitative estimate of drug-likeness (QED) is 0.747. The Balaban J connectivity index is 3.21. The Morgan fingerprint density at radius 1 is 1.41 bits per heavy atom. The number of rotatable bonds is 3. The number of ether oxygens (including phenoxy) is 1. The first kappa shape index (κ1) is 13.2. The highest BCUT2D eigenvalue weighted by molar-refractivity contribution is 6.00. The lowest BCUT2D eigenvalue weighted by atomic mass is 10.2. The van der Waals surface area contributed by atoms with Crippen molar-refractivity contribution in [3.8, 4) is 0 Å². The number of pyridine rings is 1. The molecule has 0 N–H and O–H groups in total. The average Bonchev–Trinajstić information content (AvgIpc) is 2.28. The van der Waals surface area contributed by atoms with Gasteiger partial charge in [0.15, 0.2) is 5.69 Å². The molecular formula is C12H16N2O3. The number of esters is 1. The van der Waals surface area contributed by atoms with Gasteiger partial charge in [0.25, 0.3) is 0 Å². The third kappa shape index (κ3) is 3.03. The predicted molar refractivity (Wildman–Crippen MR) is 64.0 cm³/mol. The summed E-state index contributed by atoms with van der Waals surface area (Å²) in [5, 5.41) is 0. The second-order valence-corrected chi connectivity index (χ2v) is 3.62. The van der Waals surface area contributed by atoms with E-state index in [1.807, 2.05) is 0 Å². The summed E-state index contributed by atoms with van der Waals surface area (Å²) >= 11 is 0. The maximum absolute atomic E-state index is 11.7. The van der Waals surface area contributed by atoms with E-state index >= 15 is 0 Å². The molecule has 0 fully saturated rings. The molecule has 0 aliphatic rings. The fourth-order valence-electron chi connectivity index (χ4n) is 1.34. The second kappa shape index (κ2) is 5.43. The van der Waals surface area contributed by atoms with Gasteiger partial charge in [-0.15, -0.1) is 0 Å². The van der Waals surface area contributed by atoms with Crippen molar-refractivity contribution in [1.82, 2.24) is 4.98 Å². The Morgan fingerprint density at radius 3 is 2.59 bits per heavy atom. The monoisotopic (exact) mass is 236 g/mol. The molecule has 0 atom stereocenters. The first-order valence-electron chi connectivity index (χ1n) is 5.36. The molecule has 1 aromatic rings. The van der Waals surface area contributed by atoms with Gasteiger partial charge in [-0.05, 0) is 26.0 Å². The Labute approximate surface area is 100 Å². The van der Waals surface area contributed by atoms with Gasteiger partial charge in [-0.2, -0.15) is 0 Å². The number of carbonyl (C=O) groups is 2. The van der Waals surface area contributed by atoms with Crippen molar-refractivity contribution < 1.29 is 14.3 Å². The van der Waals surface area contributed by atoms with Crippen molar-refractivity contribution in [3.05, 3.63) is 23.5 Å². The largest absolute Gasteiger partial charge is 0.461 e. The van der Waals surface area contributed by atoms with E-state index in [1.54, 1.807) is 33.0 Å². The highest BCUT2D eigenvalue weighted by Crippen LogP contribution is 2.19. The smallest absolute Gasteiger partial charge is 0.359 e. The van der Waals surface area contributed by atoms with Crippen LogP contribution in [0.3, 0.4) is 0 Å². The number of hydrogen-bond donors (Lipinski definition) is 0. The Morgan fingerprint density at radius 2 is 2.06 bits per heavy atom. The third-order valence-corrected chi connectivity index (χ3v) is 2.32. The molecule has 0 bridgehead atoms. The normalized spacial score (nSPS) is 9.88. The molecule has 0 aliphatic heterocycles. The summed E-state index contributed by atoms with van der Waals surface area (Å²) in [6, 6.07) is 3.44. The van der Waals surface area contributed by atoms with Crippen LogP contribution in [0.25, 0.3) is 0 Å².